The number of hydrogen-bond acceptors (Lipinski definition) is 5. The molecule has 4 atom stereocenters. The highest BCUT2D eigenvalue weighted by Gasteiger charge is 2.69. The minimum atomic E-state index is -1.38. The molecule has 1 saturated heterocycles. The van der Waals surface area contributed by atoms with E-state index in [9.17, 15) is 23.9 Å². The molecule has 0 spiro atoms. The zero-order valence-electron chi connectivity index (χ0n) is 22.9. The van der Waals surface area contributed by atoms with E-state index in [0.717, 1.165) is 17.2 Å². The Hall–Kier alpha value is -4.08. The van der Waals surface area contributed by atoms with Gasteiger partial charge in [0.25, 0.3) is 5.91 Å². The number of likely N-dealkylation sites (tertiary alicyclic amines) is 1. The van der Waals surface area contributed by atoms with Gasteiger partial charge in [-0.05, 0) is 65.5 Å². The number of oxazole rings is 1. The van der Waals surface area contributed by atoms with Gasteiger partial charge in [0, 0.05) is 19.0 Å². The number of aryl methyl sites for hydroxylation is 3. The van der Waals surface area contributed by atoms with Gasteiger partial charge < -0.3 is 19.7 Å². The van der Waals surface area contributed by atoms with Crippen molar-refractivity contribution in [3.8, 4) is 11.1 Å². The Kier molecular flexibility index (Phi) is 6.76. The number of halogens is 2. The predicted octanol–water partition coefficient (Wildman–Crippen LogP) is 4.97. The molecule has 1 saturated carbocycles. The molecule has 2 amide bonds. The van der Waals surface area contributed by atoms with Crippen LogP contribution in [0.4, 0.5) is 8.78 Å². The molecule has 1 unspecified atom stereocenters. The summed E-state index contributed by atoms with van der Waals surface area (Å²) in [5.74, 6) is -4.62. The first kappa shape index (κ1) is 27.5. The molecule has 0 radical (unpaired) electrons. The van der Waals surface area contributed by atoms with Crippen LogP contribution in [0, 0.1) is 49.7 Å². The van der Waals surface area contributed by atoms with Gasteiger partial charge >= 0.3 is 5.97 Å². The van der Waals surface area contributed by atoms with Crippen LogP contribution in [-0.2, 0) is 9.59 Å². The van der Waals surface area contributed by atoms with Gasteiger partial charge in [0.2, 0.25) is 5.91 Å². The van der Waals surface area contributed by atoms with Crippen molar-refractivity contribution in [3.05, 3.63) is 76.5 Å². The van der Waals surface area contributed by atoms with Crippen molar-refractivity contribution in [2.45, 2.75) is 53.1 Å². The number of nitrogens with zero attached hydrogens (tertiary/aromatic N) is 2. The number of carbonyl (C=O) groups is 3. The lowest BCUT2D eigenvalue weighted by atomic mass is 9.92. The number of carbonyl (C=O) groups excluding carboxylic acids is 2. The Morgan fingerprint density at radius 2 is 1.85 bits per heavy atom. The Morgan fingerprint density at radius 1 is 1.18 bits per heavy atom. The van der Waals surface area contributed by atoms with E-state index in [-0.39, 0.29) is 28.5 Å². The topological polar surface area (TPSA) is 113 Å². The fraction of sp³-hybridized carbons (Fsp3) is 0.400. The molecule has 10 heteroatoms. The average molecular weight is 552 g/mol. The molecular formula is C30H31F2N3O5. The third kappa shape index (κ3) is 4.65. The van der Waals surface area contributed by atoms with Gasteiger partial charge in [0.1, 0.15) is 12.3 Å². The molecule has 2 aromatic carbocycles. The smallest absolute Gasteiger partial charge is 0.305 e. The minimum Gasteiger partial charge on any atom is -0.481 e. The zero-order valence-corrected chi connectivity index (χ0v) is 22.9. The van der Waals surface area contributed by atoms with E-state index in [0.29, 0.717) is 23.6 Å². The number of hydrogen-bond donors (Lipinski definition) is 2. The Morgan fingerprint density at radius 3 is 2.45 bits per heavy atom. The lowest BCUT2D eigenvalue weighted by molar-refractivity contribution is -0.138. The Balaban J connectivity index is 1.51. The summed E-state index contributed by atoms with van der Waals surface area (Å²) in [6, 6.07) is 5.69. The van der Waals surface area contributed by atoms with Crippen molar-refractivity contribution in [2.75, 3.05) is 6.54 Å². The molecule has 0 bridgehead atoms. The van der Waals surface area contributed by atoms with Crippen molar-refractivity contribution in [3.63, 3.8) is 0 Å². The molecule has 2 fully saturated rings. The summed E-state index contributed by atoms with van der Waals surface area (Å²) >= 11 is 0. The molecule has 5 rings (SSSR count). The van der Waals surface area contributed by atoms with E-state index in [1.165, 1.54) is 17.2 Å². The normalized spacial score (nSPS) is 21.6. The molecule has 2 heterocycles. The fourth-order valence-corrected chi connectivity index (χ4v) is 6.35. The summed E-state index contributed by atoms with van der Waals surface area (Å²) in [5, 5.41) is 12.3. The van der Waals surface area contributed by atoms with Gasteiger partial charge in [-0.3, -0.25) is 14.4 Å². The standard InChI is InChI=1S/C30H31F2N3O5/c1-14-7-6-8-15(2)24(14)17-9-18(26(32)20(31)10-17)21(11-23(36)37)34-28(38)27-25-19(30(25,4)5)12-35(27)29(39)22-13-40-16(3)33-22/h6-10,13,19,21,25,27H,11-12H2,1-5H3,(H,34,38)(H,36,37)/t19?,21-,25-,27-/m0/s1. The third-order valence-electron chi connectivity index (χ3n) is 8.47. The summed E-state index contributed by atoms with van der Waals surface area (Å²) in [6.45, 7) is 9.60. The minimum absolute atomic E-state index is 0.0552. The predicted molar refractivity (Wildman–Crippen MR) is 141 cm³/mol. The van der Waals surface area contributed by atoms with E-state index in [4.69, 9.17) is 4.42 Å². The monoisotopic (exact) mass is 551 g/mol. The number of fused-ring (bicyclic) bond motifs is 1. The maximum Gasteiger partial charge on any atom is 0.305 e. The lowest BCUT2D eigenvalue weighted by Crippen LogP contribution is -2.50. The summed E-state index contributed by atoms with van der Waals surface area (Å²) in [4.78, 5) is 44.4. The molecule has 2 aliphatic rings. The van der Waals surface area contributed by atoms with Gasteiger partial charge in [0.05, 0.1) is 12.5 Å². The molecule has 1 aliphatic heterocycles. The molecule has 2 N–H and O–H groups in total. The van der Waals surface area contributed by atoms with Crippen molar-refractivity contribution >= 4 is 17.8 Å². The van der Waals surface area contributed by atoms with Crippen LogP contribution in [0.1, 0.15) is 59.4 Å². The maximum absolute atomic E-state index is 15.3. The van der Waals surface area contributed by atoms with Gasteiger partial charge in [-0.2, -0.15) is 0 Å². The van der Waals surface area contributed by atoms with Gasteiger partial charge in [-0.1, -0.05) is 32.0 Å². The number of carboxylic acid groups (broad SMARTS) is 1. The van der Waals surface area contributed by atoms with Gasteiger partial charge in [0.15, 0.2) is 23.2 Å². The van der Waals surface area contributed by atoms with Crippen LogP contribution in [0.3, 0.4) is 0 Å². The van der Waals surface area contributed by atoms with Crippen molar-refractivity contribution in [1.29, 1.82) is 0 Å². The molecule has 40 heavy (non-hydrogen) atoms. The fourth-order valence-electron chi connectivity index (χ4n) is 6.35. The molecule has 1 aliphatic carbocycles. The summed E-state index contributed by atoms with van der Waals surface area (Å²) in [5.41, 5.74) is 2.30. The number of amides is 2. The van der Waals surface area contributed by atoms with E-state index < -0.39 is 47.9 Å². The van der Waals surface area contributed by atoms with Gasteiger partial charge in [-0.15, -0.1) is 0 Å². The Labute approximate surface area is 230 Å². The molecule has 1 aromatic heterocycles. The van der Waals surface area contributed by atoms with Gasteiger partial charge in [-0.25, -0.2) is 13.8 Å². The quantitative estimate of drug-likeness (QED) is 0.429. The van der Waals surface area contributed by atoms with E-state index in [2.05, 4.69) is 10.3 Å². The zero-order chi connectivity index (χ0) is 29.1. The number of carboxylic acids is 1. The van der Waals surface area contributed by atoms with E-state index >= 15 is 4.39 Å². The number of rotatable bonds is 7. The van der Waals surface area contributed by atoms with Crippen molar-refractivity contribution in [1.82, 2.24) is 15.2 Å². The first-order valence-corrected chi connectivity index (χ1v) is 13.1. The van der Waals surface area contributed by atoms with Crippen LogP contribution in [-0.4, -0.2) is 45.4 Å². The second-order valence-electron chi connectivity index (χ2n) is 11.4. The molecule has 3 aromatic rings. The second-order valence-corrected chi connectivity index (χ2v) is 11.4. The lowest BCUT2D eigenvalue weighted by Gasteiger charge is -2.31. The third-order valence-corrected chi connectivity index (χ3v) is 8.47. The SMILES string of the molecule is Cc1nc(C(=O)N2CC3[C@@H]([C@H]2C(=O)N[C@@H](CC(=O)O)c2cc(-c4c(C)cccc4C)cc(F)c2F)C3(C)C)co1. The van der Waals surface area contributed by atoms with Crippen LogP contribution in [0.15, 0.2) is 41.0 Å². The number of benzene rings is 2. The van der Waals surface area contributed by atoms with Crippen LogP contribution in [0.5, 0.6) is 0 Å². The van der Waals surface area contributed by atoms with E-state index in [1.807, 2.05) is 45.9 Å². The summed E-state index contributed by atoms with van der Waals surface area (Å²) in [6.07, 6.45) is 0.547. The van der Waals surface area contributed by atoms with Crippen LogP contribution >= 0.6 is 0 Å². The Bertz CT molecular complexity index is 1510. The highest BCUT2D eigenvalue weighted by Crippen LogP contribution is 2.65. The molecule has 210 valence electrons. The number of aromatic nitrogens is 1. The van der Waals surface area contributed by atoms with Crippen molar-refractivity contribution in [2.24, 2.45) is 17.3 Å². The molecular weight excluding hydrogens is 520 g/mol. The van der Waals surface area contributed by atoms with E-state index in [1.54, 1.807) is 6.92 Å². The second kappa shape index (κ2) is 9.83. The van der Waals surface area contributed by atoms with Crippen LogP contribution in [0.25, 0.3) is 11.1 Å². The number of piperidine rings is 1. The average Bonchev–Trinajstić information content (AvgIpc) is 3.24. The van der Waals surface area contributed by atoms with Crippen LogP contribution < -0.4 is 5.32 Å². The highest BCUT2D eigenvalue weighted by atomic mass is 19.2. The molecule has 8 nitrogen and oxygen atoms in total. The summed E-state index contributed by atoms with van der Waals surface area (Å²) in [7, 11) is 0. The number of aliphatic carboxylic acids is 1. The first-order chi connectivity index (χ1) is 18.8. The van der Waals surface area contributed by atoms with Crippen molar-refractivity contribution < 1.29 is 32.7 Å². The number of nitrogens with one attached hydrogen (secondary N) is 1. The summed E-state index contributed by atoms with van der Waals surface area (Å²) < 4.78 is 35.4. The highest BCUT2D eigenvalue weighted by molar-refractivity contribution is 5.97. The van der Waals surface area contributed by atoms with Crippen LogP contribution in [0.2, 0.25) is 0 Å². The largest absolute Gasteiger partial charge is 0.481 e. The maximum atomic E-state index is 15.3. The first-order valence-electron chi connectivity index (χ1n) is 13.1.